The summed E-state index contributed by atoms with van der Waals surface area (Å²) in [6.07, 6.45) is -0.554. The van der Waals surface area contributed by atoms with Gasteiger partial charge in [0, 0.05) is 57.8 Å². The van der Waals surface area contributed by atoms with Crippen molar-refractivity contribution in [3.8, 4) is 0 Å². The second kappa shape index (κ2) is 8.84. The number of carbonyl (C=O) groups excluding carboxylic acids is 2. The summed E-state index contributed by atoms with van der Waals surface area (Å²) in [5.41, 5.74) is -0.136. The second-order valence-electron chi connectivity index (χ2n) is 7.36. The molecule has 0 bridgehead atoms. The molecule has 2 heterocycles. The fraction of sp³-hybridized carbons (Fsp3) is 0.600. The molecule has 2 aliphatic rings. The number of likely N-dealkylation sites (tertiary alicyclic amines) is 1. The summed E-state index contributed by atoms with van der Waals surface area (Å²) in [6, 6.07) is 5.29. The molecule has 0 N–H and O–H groups in total. The molecule has 154 valence electrons. The zero-order valence-corrected chi connectivity index (χ0v) is 15.9. The van der Waals surface area contributed by atoms with Crippen molar-refractivity contribution >= 4 is 17.5 Å². The Labute approximate surface area is 163 Å². The lowest BCUT2D eigenvalue weighted by Gasteiger charge is -2.36. The topological polar surface area (TPSA) is 43.9 Å². The highest BCUT2D eigenvalue weighted by Gasteiger charge is 2.31. The van der Waals surface area contributed by atoms with Crippen LogP contribution in [-0.2, 0) is 15.8 Å². The van der Waals surface area contributed by atoms with Crippen molar-refractivity contribution in [2.75, 3.05) is 44.2 Å². The predicted molar refractivity (Wildman–Crippen MR) is 99.9 cm³/mol. The SMILES string of the molecule is O=C1CCCCCN1CCC(=O)N1CCN(c2cccc(C(F)(F)F)c2)CC1. The Morgan fingerprint density at radius 2 is 1.75 bits per heavy atom. The second-order valence-corrected chi connectivity index (χ2v) is 7.36. The van der Waals surface area contributed by atoms with Crippen LogP contribution in [0.3, 0.4) is 0 Å². The highest BCUT2D eigenvalue weighted by molar-refractivity contribution is 5.79. The van der Waals surface area contributed by atoms with E-state index in [1.165, 1.54) is 6.07 Å². The van der Waals surface area contributed by atoms with Crippen LogP contribution in [0, 0.1) is 0 Å². The van der Waals surface area contributed by atoms with E-state index in [-0.39, 0.29) is 11.8 Å². The van der Waals surface area contributed by atoms with E-state index in [1.54, 1.807) is 15.9 Å². The standard InChI is InChI=1S/C20H26F3N3O2/c21-20(22,23)16-5-4-6-17(15-16)24-11-13-26(14-12-24)19(28)8-10-25-9-3-1-2-7-18(25)27/h4-6,15H,1-3,7-14H2. The molecule has 3 rings (SSSR count). The van der Waals surface area contributed by atoms with Crippen molar-refractivity contribution in [2.45, 2.75) is 38.3 Å². The van der Waals surface area contributed by atoms with Crippen LogP contribution in [0.4, 0.5) is 18.9 Å². The van der Waals surface area contributed by atoms with Crippen molar-refractivity contribution < 1.29 is 22.8 Å². The number of benzene rings is 1. The molecule has 0 unspecified atom stereocenters. The fourth-order valence-corrected chi connectivity index (χ4v) is 3.76. The average Bonchev–Trinajstić information content (AvgIpc) is 2.90. The first-order valence-corrected chi connectivity index (χ1v) is 9.82. The fourth-order valence-electron chi connectivity index (χ4n) is 3.76. The van der Waals surface area contributed by atoms with Crippen LogP contribution in [0.25, 0.3) is 0 Å². The number of hydrogen-bond acceptors (Lipinski definition) is 3. The molecule has 0 atom stereocenters. The van der Waals surface area contributed by atoms with Crippen LogP contribution in [0.2, 0.25) is 0 Å². The van der Waals surface area contributed by atoms with Crippen LogP contribution in [0.1, 0.15) is 37.7 Å². The summed E-state index contributed by atoms with van der Waals surface area (Å²) in [6.45, 7) is 3.11. The van der Waals surface area contributed by atoms with Gasteiger partial charge in [-0.05, 0) is 31.0 Å². The number of hydrogen-bond donors (Lipinski definition) is 0. The van der Waals surface area contributed by atoms with Gasteiger partial charge in [-0.1, -0.05) is 12.5 Å². The van der Waals surface area contributed by atoms with E-state index in [1.807, 2.05) is 4.90 Å². The van der Waals surface area contributed by atoms with Gasteiger partial charge in [-0.3, -0.25) is 9.59 Å². The van der Waals surface area contributed by atoms with Gasteiger partial charge in [0.15, 0.2) is 0 Å². The first-order valence-electron chi connectivity index (χ1n) is 9.82. The lowest BCUT2D eigenvalue weighted by Crippen LogP contribution is -2.49. The minimum Gasteiger partial charge on any atom is -0.368 e. The summed E-state index contributed by atoms with van der Waals surface area (Å²) in [4.78, 5) is 29.9. The van der Waals surface area contributed by atoms with Crippen molar-refractivity contribution in [1.82, 2.24) is 9.80 Å². The summed E-state index contributed by atoms with van der Waals surface area (Å²) in [7, 11) is 0. The maximum atomic E-state index is 12.9. The molecule has 1 aromatic carbocycles. The summed E-state index contributed by atoms with van der Waals surface area (Å²) in [5, 5.41) is 0. The molecular formula is C20H26F3N3O2. The highest BCUT2D eigenvalue weighted by Crippen LogP contribution is 2.31. The molecule has 0 saturated carbocycles. The van der Waals surface area contributed by atoms with E-state index in [2.05, 4.69) is 0 Å². The predicted octanol–water partition coefficient (Wildman–Crippen LogP) is 3.15. The third kappa shape index (κ3) is 5.17. The monoisotopic (exact) mass is 397 g/mol. The van der Waals surface area contributed by atoms with E-state index in [9.17, 15) is 22.8 Å². The van der Waals surface area contributed by atoms with Gasteiger partial charge in [0.05, 0.1) is 5.56 Å². The Hall–Kier alpha value is -2.25. The Balaban J connectivity index is 1.49. The maximum Gasteiger partial charge on any atom is 0.416 e. The van der Waals surface area contributed by atoms with Crippen molar-refractivity contribution in [3.63, 3.8) is 0 Å². The summed E-state index contributed by atoms with van der Waals surface area (Å²) in [5.74, 6) is 0.125. The number of piperazine rings is 1. The molecule has 0 aromatic heterocycles. The Kier molecular flexibility index (Phi) is 6.46. The van der Waals surface area contributed by atoms with Crippen LogP contribution in [-0.4, -0.2) is 60.9 Å². The summed E-state index contributed by atoms with van der Waals surface area (Å²) < 4.78 is 38.7. The number of carbonyl (C=O) groups is 2. The lowest BCUT2D eigenvalue weighted by atomic mass is 10.1. The number of nitrogens with zero attached hydrogens (tertiary/aromatic N) is 3. The van der Waals surface area contributed by atoms with E-state index in [0.717, 1.165) is 37.9 Å². The van der Waals surface area contributed by atoms with Gasteiger partial charge in [-0.25, -0.2) is 0 Å². The molecule has 0 radical (unpaired) electrons. The number of rotatable bonds is 4. The van der Waals surface area contributed by atoms with Crippen molar-refractivity contribution in [2.24, 2.45) is 0 Å². The van der Waals surface area contributed by atoms with E-state index in [4.69, 9.17) is 0 Å². The molecule has 5 nitrogen and oxygen atoms in total. The van der Waals surface area contributed by atoms with E-state index in [0.29, 0.717) is 51.3 Å². The number of alkyl halides is 3. The normalized spacial score (nSPS) is 19.0. The smallest absolute Gasteiger partial charge is 0.368 e. The molecule has 0 aliphatic carbocycles. The van der Waals surface area contributed by atoms with Crippen LogP contribution in [0.5, 0.6) is 0 Å². The first-order chi connectivity index (χ1) is 13.3. The third-order valence-electron chi connectivity index (χ3n) is 5.44. The van der Waals surface area contributed by atoms with Gasteiger partial charge >= 0.3 is 6.18 Å². The Bertz CT molecular complexity index is 700. The number of halogens is 3. The van der Waals surface area contributed by atoms with Crippen LogP contribution < -0.4 is 4.90 Å². The first kappa shape index (κ1) is 20.5. The lowest BCUT2D eigenvalue weighted by molar-refractivity contribution is -0.137. The van der Waals surface area contributed by atoms with Gasteiger partial charge in [0.1, 0.15) is 0 Å². The molecule has 2 aliphatic heterocycles. The van der Waals surface area contributed by atoms with Gasteiger partial charge in [0.25, 0.3) is 0 Å². The zero-order valence-electron chi connectivity index (χ0n) is 15.9. The highest BCUT2D eigenvalue weighted by atomic mass is 19.4. The average molecular weight is 397 g/mol. The molecular weight excluding hydrogens is 371 g/mol. The van der Waals surface area contributed by atoms with E-state index < -0.39 is 11.7 Å². The van der Waals surface area contributed by atoms with Crippen molar-refractivity contribution in [1.29, 1.82) is 0 Å². The Morgan fingerprint density at radius 3 is 2.46 bits per heavy atom. The minimum absolute atomic E-state index is 0.000684. The molecule has 28 heavy (non-hydrogen) atoms. The molecule has 0 spiro atoms. The zero-order chi connectivity index (χ0) is 20.1. The molecule has 1 aromatic rings. The Morgan fingerprint density at radius 1 is 1.00 bits per heavy atom. The molecule has 2 amide bonds. The van der Waals surface area contributed by atoms with E-state index >= 15 is 0 Å². The quantitative estimate of drug-likeness (QED) is 0.784. The van der Waals surface area contributed by atoms with Crippen molar-refractivity contribution in [3.05, 3.63) is 29.8 Å². The minimum atomic E-state index is -4.36. The van der Waals surface area contributed by atoms with Gasteiger partial charge in [-0.2, -0.15) is 13.2 Å². The molecule has 8 heteroatoms. The maximum absolute atomic E-state index is 12.9. The molecule has 2 fully saturated rings. The molecule has 2 saturated heterocycles. The third-order valence-corrected chi connectivity index (χ3v) is 5.44. The van der Waals surface area contributed by atoms with Gasteiger partial charge in [0.2, 0.25) is 11.8 Å². The largest absolute Gasteiger partial charge is 0.416 e. The van der Waals surface area contributed by atoms with Gasteiger partial charge in [-0.15, -0.1) is 0 Å². The number of anilines is 1. The van der Waals surface area contributed by atoms with Gasteiger partial charge < -0.3 is 14.7 Å². The van der Waals surface area contributed by atoms with Crippen LogP contribution >= 0.6 is 0 Å². The number of amides is 2. The summed E-state index contributed by atoms with van der Waals surface area (Å²) >= 11 is 0. The van der Waals surface area contributed by atoms with Crippen LogP contribution in [0.15, 0.2) is 24.3 Å².